The standard InChI is InChI=1S/C6H5N2S/c1-2-4-6-5(3-1)7-8-9-6/h1-2,4,7-8H. The topological polar surface area (TPSA) is 24.1 Å². The van der Waals surface area contributed by atoms with E-state index in [0.29, 0.717) is 0 Å². The Morgan fingerprint density at radius 1 is 1.56 bits per heavy atom. The van der Waals surface area contributed by atoms with Crippen LogP contribution in [0.15, 0.2) is 23.1 Å². The van der Waals surface area contributed by atoms with Gasteiger partial charge in [-0.3, -0.25) is 0 Å². The summed E-state index contributed by atoms with van der Waals surface area (Å²) < 4.78 is 0. The maximum atomic E-state index is 3.05. The minimum atomic E-state index is 1.04. The Bertz CT molecular complexity index is 201. The minimum Gasteiger partial charge on any atom is -0.310 e. The van der Waals surface area contributed by atoms with Gasteiger partial charge in [0.15, 0.2) is 0 Å². The third kappa shape index (κ3) is 0.781. The molecule has 2 rings (SSSR count). The van der Waals surface area contributed by atoms with E-state index in [1.807, 2.05) is 18.2 Å². The fourth-order valence-electron chi connectivity index (χ4n) is 0.736. The molecule has 2 nitrogen and oxygen atoms in total. The molecule has 0 atom stereocenters. The molecule has 0 unspecified atom stereocenters. The second-order valence-corrected chi connectivity index (χ2v) is 2.59. The molecular formula is C6H5N2S. The molecule has 1 aromatic carbocycles. The van der Waals surface area contributed by atoms with Crippen molar-refractivity contribution in [2.75, 3.05) is 5.43 Å². The van der Waals surface area contributed by atoms with Crippen molar-refractivity contribution in [3.05, 3.63) is 24.3 Å². The normalized spacial score (nSPS) is 14.7. The molecule has 0 saturated carbocycles. The summed E-state index contributed by atoms with van der Waals surface area (Å²) in [7, 11) is 0. The Kier molecular flexibility index (Phi) is 1.10. The van der Waals surface area contributed by atoms with Crippen LogP contribution in [-0.2, 0) is 0 Å². The Labute approximate surface area is 57.8 Å². The van der Waals surface area contributed by atoms with Crippen LogP contribution in [0.3, 0.4) is 0 Å². The molecule has 0 spiro atoms. The monoisotopic (exact) mass is 137 g/mol. The van der Waals surface area contributed by atoms with Crippen LogP contribution in [-0.4, -0.2) is 0 Å². The highest BCUT2D eigenvalue weighted by molar-refractivity contribution is 7.98. The molecule has 1 aromatic rings. The van der Waals surface area contributed by atoms with Crippen molar-refractivity contribution in [2.45, 2.75) is 4.90 Å². The summed E-state index contributed by atoms with van der Waals surface area (Å²) in [4.78, 5) is 4.13. The Morgan fingerprint density at radius 3 is 3.44 bits per heavy atom. The quantitative estimate of drug-likeness (QED) is 0.529. The largest absolute Gasteiger partial charge is 0.310 e. The fraction of sp³-hybridized carbons (Fsp3) is 0. The highest BCUT2D eigenvalue weighted by atomic mass is 32.2. The lowest BCUT2D eigenvalue weighted by molar-refractivity contribution is 1.25. The SMILES string of the molecule is [c]1cccc2c1NNS2. The number of hydrogen-bond donors (Lipinski definition) is 2. The molecule has 0 aromatic heterocycles. The zero-order valence-electron chi connectivity index (χ0n) is 4.64. The number of fused-ring (bicyclic) bond motifs is 1. The summed E-state index contributed by atoms with van der Waals surface area (Å²) in [6, 6.07) is 8.96. The smallest absolute Gasteiger partial charge is 0.0725 e. The van der Waals surface area contributed by atoms with Crippen molar-refractivity contribution in [3.63, 3.8) is 0 Å². The van der Waals surface area contributed by atoms with Gasteiger partial charge in [0, 0.05) is 11.0 Å². The molecule has 9 heavy (non-hydrogen) atoms. The molecule has 45 valence electrons. The van der Waals surface area contributed by atoms with Crippen LogP contribution in [0.5, 0.6) is 0 Å². The molecule has 0 fully saturated rings. The number of benzene rings is 1. The van der Waals surface area contributed by atoms with Crippen molar-refractivity contribution in [3.8, 4) is 0 Å². The molecule has 1 heterocycles. The van der Waals surface area contributed by atoms with E-state index in [1.165, 1.54) is 4.90 Å². The molecule has 0 bridgehead atoms. The number of para-hydroxylation sites is 1. The van der Waals surface area contributed by atoms with Crippen LogP contribution < -0.4 is 10.3 Å². The predicted molar refractivity (Wildman–Crippen MR) is 37.9 cm³/mol. The molecule has 0 saturated heterocycles. The number of rotatable bonds is 0. The highest BCUT2D eigenvalue weighted by Crippen LogP contribution is 2.28. The lowest BCUT2D eigenvalue weighted by atomic mass is 10.3. The lowest BCUT2D eigenvalue weighted by Crippen LogP contribution is -2.04. The van der Waals surface area contributed by atoms with Crippen LogP contribution in [0.25, 0.3) is 0 Å². The van der Waals surface area contributed by atoms with Gasteiger partial charge in [0.05, 0.1) is 5.69 Å². The summed E-state index contributed by atoms with van der Waals surface area (Å²) in [5, 5.41) is 0. The lowest BCUT2D eigenvalue weighted by Gasteiger charge is -1.90. The van der Waals surface area contributed by atoms with E-state index in [0.717, 1.165) is 5.69 Å². The molecule has 2 N–H and O–H groups in total. The van der Waals surface area contributed by atoms with E-state index in [9.17, 15) is 0 Å². The Morgan fingerprint density at radius 2 is 2.56 bits per heavy atom. The average Bonchev–Trinajstić information content (AvgIpc) is 2.33. The van der Waals surface area contributed by atoms with Crippen LogP contribution in [0.4, 0.5) is 5.69 Å². The van der Waals surface area contributed by atoms with Crippen LogP contribution >= 0.6 is 11.9 Å². The van der Waals surface area contributed by atoms with Gasteiger partial charge in [-0.05, 0) is 18.0 Å². The molecule has 1 aliphatic heterocycles. The Balaban J connectivity index is 2.54. The Hall–Kier alpha value is -0.670. The third-order valence-corrected chi connectivity index (χ3v) is 1.92. The fourth-order valence-corrected chi connectivity index (χ4v) is 1.36. The molecule has 0 aliphatic carbocycles. The summed E-state index contributed by atoms with van der Waals surface area (Å²) in [5.74, 6) is 0. The van der Waals surface area contributed by atoms with Crippen molar-refractivity contribution < 1.29 is 0 Å². The number of hydrogen-bond acceptors (Lipinski definition) is 3. The molecule has 1 aliphatic rings. The van der Waals surface area contributed by atoms with E-state index in [-0.39, 0.29) is 0 Å². The summed E-state index contributed by atoms with van der Waals surface area (Å²) in [5.41, 5.74) is 4.00. The van der Waals surface area contributed by atoms with Crippen molar-refractivity contribution in [2.24, 2.45) is 0 Å². The van der Waals surface area contributed by atoms with Gasteiger partial charge in [-0.25, -0.2) is 0 Å². The van der Waals surface area contributed by atoms with Crippen LogP contribution in [0, 0.1) is 6.07 Å². The van der Waals surface area contributed by atoms with Crippen molar-refractivity contribution in [1.29, 1.82) is 0 Å². The van der Waals surface area contributed by atoms with Gasteiger partial charge in [-0.1, -0.05) is 12.1 Å². The van der Waals surface area contributed by atoms with Gasteiger partial charge in [-0.2, -0.15) is 4.83 Å². The van der Waals surface area contributed by atoms with E-state index in [4.69, 9.17) is 0 Å². The van der Waals surface area contributed by atoms with Gasteiger partial charge in [0.25, 0.3) is 0 Å². The van der Waals surface area contributed by atoms with E-state index < -0.39 is 0 Å². The molecule has 1 radical (unpaired) electrons. The van der Waals surface area contributed by atoms with Gasteiger partial charge in [0.1, 0.15) is 0 Å². The van der Waals surface area contributed by atoms with Crippen LogP contribution in [0.2, 0.25) is 0 Å². The minimum absolute atomic E-state index is 1.04. The first-order valence-corrected chi connectivity index (χ1v) is 3.47. The zero-order valence-corrected chi connectivity index (χ0v) is 5.46. The van der Waals surface area contributed by atoms with Crippen molar-refractivity contribution >= 4 is 17.6 Å². The summed E-state index contributed by atoms with van der Waals surface area (Å²) >= 11 is 1.58. The predicted octanol–water partition coefficient (Wildman–Crippen LogP) is 1.42. The van der Waals surface area contributed by atoms with Gasteiger partial charge in [0.2, 0.25) is 0 Å². The van der Waals surface area contributed by atoms with Gasteiger partial charge >= 0.3 is 0 Å². The number of hydrazine groups is 1. The molecule has 0 amide bonds. The second kappa shape index (κ2) is 1.93. The summed E-state index contributed by atoms with van der Waals surface area (Å²) in [6.45, 7) is 0. The van der Waals surface area contributed by atoms with Gasteiger partial charge < -0.3 is 5.43 Å². The first-order valence-electron chi connectivity index (χ1n) is 2.65. The summed E-state index contributed by atoms with van der Waals surface area (Å²) in [6.07, 6.45) is 0. The highest BCUT2D eigenvalue weighted by Gasteiger charge is 2.06. The van der Waals surface area contributed by atoms with E-state index in [2.05, 4.69) is 16.3 Å². The van der Waals surface area contributed by atoms with Gasteiger partial charge in [-0.15, -0.1) is 0 Å². The van der Waals surface area contributed by atoms with Crippen molar-refractivity contribution in [1.82, 2.24) is 4.83 Å². The van der Waals surface area contributed by atoms with E-state index >= 15 is 0 Å². The first-order chi connectivity index (χ1) is 4.47. The average molecular weight is 137 g/mol. The maximum absolute atomic E-state index is 3.05. The zero-order chi connectivity index (χ0) is 6.10. The maximum Gasteiger partial charge on any atom is 0.0725 e. The molecule has 3 heteroatoms. The molecular weight excluding hydrogens is 132 g/mol. The van der Waals surface area contributed by atoms with Crippen LogP contribution in [0.1, 0.15) is 0 Å². The first kappa shape index (κ1) is 5.14. The number of anilines is 1. The van der Waals surface area contributed by atoms with E-state index in [1.54, 1.807) is 11.9 Å². The third-order valence-electron chi connectivity index (χ3n) is 1.15. The second-order valence-electron chi connectivity index (χ2n) is 1.74. The number of nitrogens with one attached hydrogen (secondary N) is 2.